The molecule has 2 rings (SSSR count). The van der Waals surface area contributed by atoms with Crippen LogP contribution < -0.4 is 5.43 Å². The van der Waals surface area contributed by atoms with Gasteiger partial charge in [-0.2, -0.15) is 0 Å². The summed E-state index contributed by atoms with van der Waals surface area (Å²) in [4.78, 5) is 2.51. The van der Waals surface area contributed by atoms with Crippen LogP contribution in [0.1, 0.15) is 20.8 Å². The number of piperazine rings is 1. The van der Waals surface area contributed by atoms with E-state index in [4.69, 9.17) is 4.43 Å². The topological polar surface area (TPSA) is 27.7 Å². The van der Waals surface area contributed by atoms with Crippen molar-refractivity contribution in [3.8, 4) is 0 Å². The molecule has 0 bridgehead atoms. The Bertz CT molecular complexity index is 465. The maximum absolute atomic E-state index is 6.29. The molecular weight excluding hydrogens is 302 g/mol. The first-order chi connectivity index (χ1) is 10.8. The SMILES string of the molecule is CC(C)(C)[Si](C)(C)OCCN1CCN(Nc2ccccc2)CC1. The predicted molar refractivity (Wildman–Crippen MR) is 101 cm³/mol. The highest BCUT2D eigenvalue weighted by molar-refractivity contribution is 6.74. The van der Waals surface area contributed by atoms with Crippen molar-refractivity contribution in [2.45, 2.75) is 38.9 Å². The van der Waals surface area contributed by atoms with Gasteiger partial charge in [0.2, 0.25) is 0 Å². The summed E-state index contributed by atoms with van der Waals surface area (Å²) in [5, 5.41) is 2.60. The minimum Gasteiger partial charge on any atom is -0.416 e. The van der Waals surface area contributed by atoms with E-state index in [9.17, 15) is 0 Å². The molecule has 0 radical (unpaired) electrons. The summed E-state index contributed by atoms with van der Waals surface area (Å²) < 4.78 is 6.29. The van der Waals surface area contributed by atoms with Crippen LogP contribution in [0.25, 0.3) is 0 Å². The average Bonchev–Trinajstić information content (AvgIpc) is 2.49. The number of benzene rings is 1. The van der Waals surface area contributed by atoms with Crippen molar-refractivity contribution in [3.63, 3.8) is 0 Å². The Hall–Kier alpha value is -0.883. The fourth-order valence-electron chi connectivity index (χ4n) is 2.42. The Morgan fingerprint density at radius 3 is 2.22 bits per heavy atom. The van der Waals surface area contributed by atoms with Gasteiger partial charge in [0, 0.05) is 45.0 Å². The number of nitrogens with one attached hydrogen (secondary N) is 1. The van der Waals surface area contributed by atoms with Crippen LogP contribution in [0, 0.1) is 0 Å². The molecule has 0 unspecified atom stereocenters. The highest BCUT2D eigenvalue weighted by atomic mass is 28.4. The Balaban J connectivity index is 1.67. The lowest BCUT2D eigenvalue weighted by atomic mass is 10.2. The molecule has 0 saturated carbocycles. The van der Waals surface area contributed by atoms with Crippen molar-refractivity contribution >= 4 is 14.0 Å². The molecule has 4 nitrogen and oxygen atoms in total. The van der Waals surface area contributed by atoms with Gasteiger partial charge in [-0.3, -0.25) is 4.90 Å². The van der Waals surface area contributed by atoms with Gasteiger partial charge < -0.3 is 9.85 Å². The van der Waals surface area contributed by atoms with Crippen molar-refractivity contribution in [2.24, 2.45) is 0 Å². The first-order valence-corrected chi connectivity index (χ1v) is 11.6. The van der Waals surface area contributed by atoms with Crippen LogP contribution in [-0.4, -0.2) is 57.6 Å². The zero-order chi connectivity index (χ0) is 16.9. The van der Waals surface area contributed by atoms with Crippen LogP contribution in [0.4, 0.5) is 5.69 Å². The van der Waals surface area contributed by atoms with Gasteiger partial charge >= 0.3 is 0 Å². The van der Waals surface area contributed by atoms with Gasteiger partial charge in [-0.25, -0.2) is 5.01 Å². The minimum absolute atomic E-state index is 0.297. The van der Waals surface area contributed by atoms with Crippen molar-refractivity contribution < 1.29 is 4.43 Å². The molecule has 1 saturated heterocycles. The first-order valence-electron chi connectivity index (χ1n) is 8.71. The van der Waals surface area contributed by atoms with Gasteiger partial charge in [-0.15, -0.1) is 0 Å². The third-order valence-corrected chi connectivity index (χ3v) is 9.65. The van der Waals surface area contributed by atoms with E-state index in [0.717, 1.165) is 39.3 Å². The lowest BCUT2D eigenvalue weighted by molar-refractivity contribution is 0.129. The van der Waals surface area contributed by atoms with Crippen molar-refractivity contribution in [1.82, 2.24) is 9.91 Å². The van der Waals surface area contributed by atoms with E-state index in [-0.39, 0.29) is 0 Å². The van der Waals surface area contributed by atoms with E-state index in [1.165, 1.54) is 5.69 Å². The Labute approximate surface area is 142 Å². The van der Waals surface area contributed by atoms with E-state index in [1.807, 2.05) is 6.07 Å². The summed E-state index contributed by atoms with van der Waals surface area (Å²) in [6.45, 7) is 17.8. The molecular formula is C18H33N3OSi. The Kier molecular flexibility index (Phi) is 6.25. The Morgan fingerprint density at radius 1 is 1.04 bits per heavy atom. The molecule has 0 aromatic heterocycles. The number of anilines is 1. The van der Waals surface area contributed by atoms with Gasteiger partial charge in [-0.1, -0.05) is 39.0 Å². The summed E-state index contributed by atoms with van der Waals surface area (Å²) in [5.74, 6) is 0. The Morgan fingerprint density at radius 2 is 1.65 bits per heavy atom. The maximum atomic E-state index is 6.29. The van der Waals surface area contributed by atoms with Gasteiger partial charge in [-0.05, 0) is 30.3 Å². The number of hydrazine groups is 1. The van der Waals surface area contributed by atoms with Crippen LogP contribution in [0.15, 0.2) is 30.3 Å². The number of hydrogen-bond donors (Lipinski definition) is 1. The summed E-state index contributed by atoms with van der Waals surface area (Å²) in [6.07, 6.45) is 0. The molecule has 1 heterocycles. The average molecular weight is 336 g/mol. The zero-order valence-electron chi connectivity index (χ0n) is 15.4. The highest BCUT2D eigenvalue weighted by Gasteiger charge is 2.37. The van der Waals surface area contributed by atoms with E-state index in [2.05, 4.69) is 73.5 Å². The van der Waals surface area contributed by atoms with Crippen molar-refractivity contribution in [3.05, 3.63) is 30.3 Å². The molecule has 1 fully saturated rings. The smallest absolute Gasteiger partial charge is 0.192 e. The lowest BCUT2D eigenvalue weighted by Gasteiger charge is -2.38. The zero-order valence-corrected chi connectivity index (χ0v) is 16.4. The normalized spacial score (nSPS) is 18.1. The third-order valence-electron chi connectivity index (χ3n) is 5.11. The number of para-hydroxylation sites is 1. The summed E-state index contributed by atoms with van der Waals surface area (Å²) in [5.41, 5.74) is 4.65. The summed E-state index contributed by atoms with van der Waals surface area (Å²) in [6, 6.07) is 10.4. The van der Waals surface area contributed by atoms with Crippen LogP contribution in [-0.2, 0) is 4.43 Å². The second kappa shape index (κ2) is 7.79. The standard InChI is InChI=1S/C18H33N3OSi/c1-18(2,3)23(4,5)22-16-15-20-11-13-21(14-12-20)19-17-9-7-6-8-10-17/h6-10,19H,11-16H2,1-5H3. The molecule has 130 valence electrons. The second-order valence-electron chi connectivity index (χ2n) is 7.92. The van der Waals surface area contributed by atoms with Gasteiger partial charge in [0.15, 0.2) is 8.32 Å². The summed E-state index contributed by atoms with van der Waals surface area (Å²) >= 11 is 0. The van der Waals surface area contributed by atoms with Crippen molar-refractivity contribution in [2.75, 3.05) is 44.8 Å². The second-order valence-corrected chi connectivity index (χ2v) is 12.7. The van der Waals surface area contributed by atoms with Gasteiger partial charge in [0.25, 0.3) is 0 Å². The summed E-state index contributed by atoms with van der Waals surface area (Å²) in [7, 11) is -1.60. The van der Waals surface area contributed by atoms with E-state index in [0.29, 0.717) is 5.04 Å². The molecule has 0 aliphatic carbocycles. The van der Waals surface area contributed by atoms with Crippen LogP contribution in [0.2, 0.25) is 18.1 Å². The molecule has 23 heavy (non-hydrogen) atoms. The molecule has 1 aliphatic rings. The van der Waals surface area contributed by atoms with E-state index < -0.39 is 8.32 Å². The third kappa shape index (κ3) is 5.60. The number of hydrogen-bond acceptors (Lipinski definition) is 4. The highest BCUT2D eigenvalue weighted by Crippen LogP contribution is 2.36. The van der Waals surface area contributed by atoms with Gasteiger partial charge in [0.05, 0.1) is 0 Å². The van der Waals surface area contributed by atoms with Gasteiger partial charge in [0.1, 0.15) is 0 Å². The maximum Gasteiger partial charge on any atom is 0.192 e. The first kappa shape index (κ1) is 18.5. The van der Waals surface area contributed by atoms with Crippen LogP contribution in [0.5, 0.6) is 0 Å². The molecule has 0 amide bonds. The van der Waals surface area contributed by atoms with E-state index >= 15 is 0 Å². The van der Waals surface area contributed by atoms with E-state index in [1.54, 1.807) is 0 Å². The largest absolute Gasteiger partial charge is 0.416 e. The molecule has 0 spiro atoms. The van der Waals surface area contributed by atoms with Crippen LogP contribution in [0.3, 0.4) is 0 Å². The molecule has 5 heteroatoms. The molecule has 1 N–H and O–H groups in total. The number of rotatable bonds is 6. The predicted octanol–water partition coefficient (Wildman–Crippen LogP) is 3.65. The molecule has 1 aliphatic heterocycles. The molecule has 1 aromatic rings. The fraction of sp³-hybridized carbons (Fsp3) is 0.667. The number of nitrogens with zero attached hydrogens (tertiary/aromatic N) is 2. The minimum atomic E-state index is -1.60. The molecule has 1 aromatic carbocycles. The molecule has 0 atom stereocenters. The van der Waals surface area contributed by atoms with Crippen molar-refractivity contribution in [1.29, 1.82) is 0 Å². The monoisotopic (exact) mass is 335 g/mol. The lowest BCUT2D eigenvalue weighted by Crippen LogP contribution is -2.50. The quantitative estimate of drug-likeness (QED) is 0.803. The van der Waals surface area contributed by atoms with Crippen LogP contribution >= 0.6 is 0 Å². The fourth-order valence-corrected chi connectivity index (χ4v) is 3.46.